The molecule has 2 N–H and O–H groups in total. The third-order valence-electron chi connectivity index (χ3n) is 3.84. The second kappa shape index (κ2) is 8.14. The Bertz CT molecular complexity index is 624. The molecule has 0 bridgehead atoms. The Balaban J connectivity index is 1.86. The van der Waals surface area contributed by atoms with Gasteiger partial charge in [0.2, 0.25) is 0 Å². The van der Waals surface area contributed by atoms with E-state index in [1.807, 2.05) is 27.7 Å². The SMILES string of the molecule is CCC(CNC(=O)c1nc2c(s1)CN(C)CC2)NC(=O)OC(C)(C)C. The van der Waals surface area contributed by atoms with E-state index in [2.05, 4.69) is 27.6 Å². The van der Waals surface area contributed by atoms with Gasteiger partial charge in [0.25, 0.3) is 5.91 Å². The molecule has 2 amide bonds. The molecule has 7 nitrogen and oxygen atoms in total. The lowest BCUT2D eigenvalue weighted by atomic mass is 10.2. The third kappa shape index (κ3) is 5.97. The van der Waals surface area contributed by atoms with Gasteiger partial charge in [0.15, 0.2) is 5.01 Å². The van der Waals surface area contributed by atoms with Crippen molar-refractivity contribution in [3.63, 3.8) is 0 Å². The molecule has 0 spiro atoms. The van der Waals surface area contributed by atoms with Gasteiger partial charge in [0, 0.05) is 37.0 Å². The summed E-state index contributed by atoms with van der Waals surface area (Å²) in [5.74, 6) is -0.188. The monoisotopic (exact) mass is 368 g/mol. The van der Waals surface area contributed by atoms with Crippen molar-refractivity contribution in [2.45, 2.75) is 58.7 Å². The van der Waals surface area contributed by atoms with Crippen molar-refractivity contribution in [2.75, 3.05) is 20.1 Å². The topological polar surface area (TPSA) is 83.6 Å². The molecule has 140 valence electrons. The molecule has 1 aliphatic heterocycles. The lowest BCUT2D eigenvalue weighted by Gasteiger charge is -2.23. The highest BCUT2D eigenvalue weighted by atomic mass is 32.1. The molecule has 1 aliphatic rings. The number of likely N-dealkylation sites (N-methyl/N-ethyl adjacent to an activating group) is 1. The number of hydrogen-bond acceptors (Lipinski definition) is 6. The Kier molecular flexibility index (Phi) is 6.40. The maximum absolute atomic E-state index is 12.4. The molecule has 25 heavy (non-hydrogen) atoms. The first-order chi connectivity index (χ1) is 11.7. The average molecular weight is 369 g/mol. The van der Waals surface area contributed by atoms with Crippen LogP contribution < -0.4 is 10.6 Å². The summed E-state index contributed by atoms with van der Waals surface area (Å²) in [6.07, 6.45) is 1.10. The summed E-state index contributed by atoms with van der Waals surface area (Å²) in [6, 6.07) is -0.181. The zero-order valence-electron chi connectivity index (χ0n) is 15.6. The normalized spacial score (nSPS) is 16.0. The summed E-state index contributed by atoms with van der Waals surface area (Å²) < 4.78 is 5.25. The van der Waals surface area contributed by atoms with Gasteiger partial charge in [-0.15, -0.1) is 11.3 Å². The molecule has 0 aromatic carbocycles. The van der Waals surface area contributed by atoms with E-state index < -0.39 is 11.7 Å². The van der Waals surface area contributed by atoms with Crippen molar-refractivity contribution < 1.29 is 14.3 Å². The largest absolute Gasteiger partial charge is 0.444 e. The van der Waals surface area contributed by atoms with Crippen LogP contribution in [0.4, 0.5) is 4.79 Å². The minimum absolute atomic E-state index is 0.181. The van der Waals surface area contributed by atoms with Gasteiger partial charge in [-0.1, -0.05) is 6.92 Å². The minimum atomic E-state index is -0.543. The predicted octanol–water partition coefficient (Wildman–Crippen LogP) is 2.16. The standard InChI is InChI=1S/C17H28N4O3S/c1-6-11(19-16(23)24-17(2,3)4)9-18-14(22)15-20-12-7-8-21(5)10-13(12)25-15/h11H,6-10H2,1-5H3,(H,18,22)(H,19,23). The van der Waals surface area contributed by atoms with Crippen LogP contribution in [0.2, 0.25) is 0 Å². The minimum Gasteiger partial charge on any atom is -0.444 e. The molecule has 0 saturated heterocycles. The van der Waals surface area contributed by atoms with Gasteiger partial charge < -0.3 is 20.3 Å². The number of aromatic nitrogens is 1. The van der Waals surface area contributed by atoms with Crippen LogP contribution in [0.25, 0.3) is 0 Å². The molecule has 0 radical (unpaired) electrons. The van der Waals surface area contributed by atoms with Gasteiger partial charge in [0.1, 0.15) is 5.60 Å². The molecular weight excluding hydrogens is 340 g/mol. The van der Waals surface area contributed by atoms with Gasteiger partial charge in [0.05, 0.1) is 5.69 Å². The third-order valence-corrected chi connectivity index (χ3v) is 4.92. The smallest absolute Gasteiger partial charge is 0.407 e. The number of amides is 2. The fraction of sp³-hybridized carbons (Fsp3) is 0.706. The van der Waals surface area contributed by atoms with Crippen molar-refractivity contribution in [3.05, 3.63) is 15.6 Å². The van der Waals surface area contributed by atoms with E-state index in [1.54, 1.807) is 0 Å². The van der Waals surface area contributed by atoms with Gasteiger partial charge >= 0.3 is 6.09 Å². The molecule has 1 atom stereocenters. The van der Waals surface area contributed by atoms with E-state index >= 15 is 0 Å². The Morgan fingerprint density at radius 1 is 1.40 bits per heavy atom. The van der Waals surface area contributed by atoms with Crippen LogP contribution in [0.5, 0.6) is 0 Å². The van der Waals surface area contributed by atoms with E-state index in [0.29, 0.717) is 18.0 Å². The van der Waals surface area contributed by atoms with Crippen LogP contribution in [0.1, 0.15) is 54.5 Å². The number of carbonyl (C=O) groups excluding carboxylic acids is 2. The molecule has 0 fully saturated rings. The van der Waals surface area contributed by atoms with Crippen LogP contribution in [-0.4, -0.2) is 53.7 Å². The van der Waals surface area contributed by atoms with Crippen LogP contribution in [0.3, 0.4) is 0 Å². The number of alkyl carbamates (subject to hydrolysis) is 1. The molecule has 8 heteroatoms. The summed E-state index contributed by atoms with van der Waals surface area (Å²) in [4.78, 5) is 32.1. The van der Waals surface area contributed by atoms with Crippen LogP contribution >= 0.6 is 11.3 Å². The number of hydrogen-bond donors (Lipinski definition) is 2. The summed E-state index contributed by atoms with van der Waals surface area (Å²) in [7, 11) is 2.07. The lowest BCUT2D eigenvalue weighted by molar-refractivity contribution is 0.0500. The first-order valence-corrected chi connectivity index (χ1v) is 9.44. The summed E-state index contributed by atoms with van der Waals surface area (Å²) in [6.45, 7) is 9.56. The molecular formula is C17H28N4O3S. The zero-order valence-corrected chi connectivity index (χ0v) is 16.5. The number of nitrogens with zero attached hydrogens (tertiary/aromatic N) is 2. The van der Waals surface area contributed by atoms with E-state index in [0.717, 1.165) is 30.1 Å². The summed E-state index contributed by atoms with van der Waals surface area (Å²) >= 11 is 1.45. The number of rotatable bonds is 5. The van der Waals surface area contributed by atoms with Gasteiger partial charge in [-0.2, -0.15) is 0 Å². The number of nitrogens with one attached hydrogen (secondary N) is 2. The van der Waals surface area contributed by atoms with E-state index in [4.69, 9.17) is 4.74 Å². The quantitative estimate of drug-likeness (QED) is 0.832. The second-order valence-corrected chi connectivity index (χ2v) is 8.42. The summed E-state index contributed by atoms with van der Waals surface area (Å²) in [5, 5.41) is 6.14. The van der Waals surface area contributed by atoms with Crippen molar-refractivity contribution in [1.82, 2.24) is 20.5 Å². The Morgan fingerprint density at radius 2 is 2.12 bits per heavy atom. The summed E-state index contributed by atoms with van der Waals surface area (Å²) in [5.41, 5.74) is 0.492. The molecule has 2 heterocycles. The highest BCUT2D eigenvalue weighted by Gasteiger charge is 2.22. The van der Waals surface area contributed by atoms with Crippen molar-refractivity contribution in [3.8, 4) is 0 Å². The van der Waals surface area contributed by atoms with Crippen molar-refractivity contribution in [1.29, 1.82) is 0 Å². The Morgan fingerprint density at radius 3 is 2.76 bits per heavy atom. The molecule has 1 aromatic rings. The van der Waals surface area contributed by atoms with Gasteiger partial charge in [-0.3, -0.25) is 4.79 Å². The second-order valence-electron chi connectivity index (χ2n) is 7.34. The van der Waals surface area contributed by atoms with Gasteiger partial charge in [-0.25, -0.2) is 9.78 Å². The zero-order chi connectivity index (χ0) is 18.6. The lowest BCUT2D eigenvalue weighted by Crippen LogP contribution is -2.45. The van der Waals surface area contributed by atoms with Crippen LogP contribution in [0, 0.1) is 0 Å². The van der Waals surface area contributed by atoms with Crippen LogP contribution in [0.15, 0.2) is 0 Å². The Hall–Kier alpha value is -1.67. The van der Waals surface area contributed by atoms with E-state index in [-0.39, 0.29) is 11.9 Å². The van der Waals surface area contributed by atoms with Crippen molar-refractivity contribution >= 4 is 23.3 Å². The van der Waals surface area contributed by atoms with E-state index in [9.17, 15) is 9.59 Å². The number of fused-ring (bicyclic) bond motifs is 1. The molecule has 1 unspecified atom stereocenters. The van der Waals surface area contributed by atoms with Gasteiger partial charge in [-0.05, 0) is 34.2 Å². The predicted molar refractivity (Wildman–Crippen MR) is 97.9 cm³/mol. The van der Waals surface area contributed by atoms with Crippen LogP contribution in [-0.2, 0) is 17.7 Å². The number of thiazole rings is 1. The average Bonchev–Trinajstić information content (AvgIpc) is 2.92. The molecule has 1 aromatic heterocycles. The fourth-order valence-corrected chi connectivity index (χ4v) is 3.59. The molecule has 0 saturated carbocycles. The Labute approximate surface area is 153 Å². The highest BCUT2D eigenvalue weighted by molar-refractivity contribution is 7.13. The maximum Gasteiger partial charge on any atom is 0.407 e. The van der Waals surface area contributed by atoms with E-state index in [1.165, 1.54) is 11.3 Å². The molecule has 2 rings (SSSR count). The molecule has 0 aliphatic carbocycles. The number of ether oxygens (including phenoxy) is 1. The number of carbonyl (C=O) groups is 2. The maximum atomic E-state index is 12.4. The van der Waals surface area contributed by atoms with Crippen molar-refractivity contribution in [2.24, 2.45) is 0 Å². The fourth-order valence-electron chi connectivity index (χ4n) is 2.48. The highest BCUT2D eigenvalue weighted by Crippen LogP contribution is 2.24. The first-order valence-electron chi connectivity index (χ1n) is 8.62. The first kappa shape index (κ1) is 19.7.